The molecule has 17 heavy (non-hydrogen) atoms. The number of benzene rings is 1. The minimum absolute atomic E-state index is 0.374. The first-order valence-corrected chi connectivity index (χ1v) is 7.27. The molecule has 0 radical (unpaired) electrons. The first kappa shape index (κ1) is 14.2. The highest BCUT2D eigenvalue weighted by atomic mass is 32.2. The number of hydrogen-bond acceptors (Lipinski definition) is 2. The van der Waals surface area contributed by atoms with Crippen LogP contribution in [0, 0.1) is 13.8 Å². The van der Waals surface area contributed by atoms with E-state index in [2.05, 4.69) is 4.72 Å². The molecule has 0 amide bonds. The normalized spacial score (nSPS) is 12.8. The Hall–Kier alpha value is -0.870. The zero-order chi connectivity index (χ0) is 13.3. The lowest BCUT2D eigenvalue weighted by molar-refractivity contribution is 0.439. The molecule has 0 aliphatic rings. The molecule has 0 saturated carbocycles. The highest BCUT2D eigenvalue weighted by molar-refractivity contribution is 7.89. The van der Waals surface area contributed by atoms with Gasteiger partial charge in [-0.1, -0.05) is 19.1 Å². The van der Waals surface area contributed by atoms with E-state index in [1.54, 1.807) is 6.07 Å². The molecule has 0 bridgehead atoms. The molecule has 3 nitrogen and oxygen atoms in total. The van der Waals surface area contributed by atoms with Gasteiger partial charge in [0.2, 0.25) is 10.0 Å². The van der Waals surface area contributed by atoms with Crippen LogP contribution in [0.5, 0.6) is 0 Å². The highest BCUT2D eigenvalue weighted by Gasteiger charge is 2.25. The maximum absolute atomic E-state index is 12.3. The Labute approximate surface area is 104 Å². The molecule has 1 rings (SSSR count). The van der Waals surface area contributed by atoms with E-state index >= 15 is 0 Å². The zero-order valence-corrected chi connectivity index (χ0v) is 12.0. The van der Waals surface area contributed by atoms with Crippen molar-refractivity contribution < 1.29 is 8.42 Å². The van der Waals surface area contributed by atoms with E-state index in [4.69, 9.17) is 0 Å². The van der Waals surface area contributed by atoms with E-state index < -0.39 is 15.6 Å². The van der Waals surface area contributed by atoms with Gasteiger partial charge in [0.1, 0.15) is 0 Å². The summed E-state index contributed by atoms with van der Waals surface area (Å²) in [4.78, 5) is 0.374. The van der Waals surface area contributed by atoms with Gasteiger partial charge in [-0.3, -0.25) is 0 Å². The van der Waals surface area contributed by atoms with Crippen molar-refractivity contribution in [3.63, 3.8) is 0 Å². The van der Waals surface area contributed by atoms with Gasteiger partial charge in [0.25, 0.3) is 0 Å². The Bertz CT molecular complexity index is 504. The van der Waals surface area contributed by atoms with Crippen molar-refractivity contribution in [2.24, 2.45) is 0 Å². The van der Waals surface area contributed by atoms with Gasteiger partial charge in [-0.15, -0.1) is 0 Å². The van der Waals surface area contributed by atoms with Gasteiger partial charge in [-0.25, -0.2) is 13.1 Å². The van der Waals surface area contributed by atoms with Crippen molar-refractivity contribution in [1.82, 2.24) is 4.72 Å². The molecule has 0 saturated heterocycles. The van der Waals surface area contributed by atoms with Crippen LogP contribution in [0.25, 0.3) is 0 Å². The molecule has 1 aromatic carbocycles. The Morgan fingerprint density at radius 1 is 1.24 bits per heavy atom. The first-order valence-electron chi connectivity index (χ1n) is 5.79. The van der Waals surface area contributed by atoms with Crippen LogP contribution >= 0.6 is 0 Å². The number of rotatable bonds is 4. The fourth-order valence-corrected chi connectivity index (χ4v) is 3.30. The van der Waals surface area contributed by atoms with Crippen LogP contribution < -0.4 is 4.72 Å². The predicted molar refractivity (Wildman–Crippen MR) is 70.6 cm³/mol. The maximum atomic E-state index is 12.3. The fraction of sp³-hybridized carbons (Fsp3) is 0.538. The second-order valence-electron chi connectivity index (χ2n) is 5.11. The van der Waals surface area contributed by atoms with Gasteiger partial charge in [0.15, 0.2) is 0 Å². The predicted octanol–water partition coefficient (Wildman–Crippen LogP) is 2.77. The third-order valence-electron chi connectivity index (χ3n) is 2.93. The standard InChI is InChI=1S/C13H21NO2S/c1-6-13(4,5)14-17(15,16)12-9-10(2)7-8-11(12)3/h7-9,14H,6H2,1-5H3. The summed E-state index contributed by atoms with van der Waals surface area (Å²) in [6.07, 6.45) is 0.747. The van der Waals surface area contributed by atoms with Crippen molar-refractivity contribution >= 4 is 10.0 Å². The van der Waals surface area contributed by atoms with E-state index in [0.717, 1.165) is 17.5 Å². The molecule has 0 aliphatic heterocycles. The second-order valence-corrected chi connectivity index (χ2v) is 6.76. The number of aryl methyl sites for hydroxylation is 2. The monoisotopic (exact) mass is 255 g/mol. The minimum Gasteiger partial charge on any atom is -0.207 e. The van der Waals surface area contributed by atoms with E-state index in [9.17, 15) is 8.42 Å². The summed E-state index contributed by atoms with van der Waals surface area (Å²) < 4.78 is 27.3. The van der Waals surface area contributed by atoms with E-state index in [1.807, 2.05) is 46.8 Å². The first-order chi connectivity index (χ1) is 7.68. The summed E-state index contributed by atoms with van der Waals surface area (Å²) in [5.41, 5.74) is 1.30. The SMILES string of the molecule is CCC(C)(C)NS(=O)(=O)c1cc(C)ccc1C. The van der Waals surface area contributed by atoms with E-state index in [0.29, 0.717) is 4.90 Å². The molecule has 96 valence electrons. The van der Waals surface area contributed by atoms with Crippen LogP contribution in [-0.2, 0) is 10.0 Å². The lowest BCUT2D eigenvalue weighted by Crippen LogP contribution is -2.42. The Morgan fingerprint density at radius 2 is 1.82 bits per heavy atom. The van der Waals surface area contributed by atoms with Crippen molar-refractivity contribution in [3.8, 4) is 0 Å². The summed E-state index contributed by atoms with van der Waals surface area (Å²) in [6, 6.07) is 5.46. The molecule has 0 heterocycles. The molecule has 0 atom stereocenters. The topological polar surface area (TPSA) is 46.2 Å². The molecule has 0 fully saturated rings. The molecule has 0 aromatic heterocycles. The quantitative estimate of drug-likeness (QED) is 0.899. The van der Waals surface area contributed by atoms with Crippen LogP contribution in [0.3, 0.4) is 0 Å². The maximum Gasteiger partial charge on any atom is 0.241 e. The Morgan fingerprint density at radius 3 is 2.35 bits per heavy atom. The third-order valence-corrected chi connectivity index (χ3v) is 4.77. The molecule has 0 spiro atoms. The van der Waals surface area contributed by atoms with Gasteiger partial charge in [-0.2, -0.15) is 0 Å². The second kappa shape index (κ2) is 4.78. The molecule has 0 aliphatic carbocycles. The molecular formula is C13H21NO2S. The van der Waals surface area contributed by atoms with Gasteiger partial charge in [0.05, 0.1) is 4.90 Å². The zero-order valence-electron chi connectivity index (χ0n) is 11.2. The number of hydrogen-bond donors (Lipinski definition) is 1. The molecule has 0 unspecified atom stereocenters. The van der Waals surface area contributed by atoms with Gasteiger partial charge >= 0.3 is 0 Å². The largest absolute Gasteiger partial charge is 0.241 e. The molecule has 1 N–H and O–H groups in total. The summed E-state index contributed by atoms with van der Waals surface area (Å²) >= 11 is 0. The summed E-state index contributed by atoms with van der Waals surface area (Å²) in [6.45, 7) is 9.44. The van der Waals surface area contributed by atoms with Crippen molar-refractivity contribution in [1.29, 1.82) is 0 Å². The van der Waals surface area contributed by atoms with Crippen molar-refractivity contribution in [2.45, 2.75) is 51.5 Å². The smallest absolute Gasteiger partial charge is 0.207 e. The summed E-state index contributed by atoms with van der Waals surface area (Å²) in [7, 11) is -3.43. The third kappa shape index (κ3) is 3.54. The van der Waals surface area contributed by atoms with Gasteiger partial charge < -0.3 is 0 Å². The lowest BCUT2D eigenvalue weighted by Gasteiger charge is -2.24. The van der Waals surface area contributed by atoms with Crippen molar-refractivity contribution in [2.75, 3.05) is 0 Å². The average Bonchev–Trinajstić information content (AvgIpc) is 2.20. The Balaban J connectivity index is 3.18. The van der Waals surface area contributed by atoms with Crippen LogP contribution in [-0.4, -0.2) is 14.0 Å². The average molecular weight is 255 g/mol. The van der Waals surface area contributed by atoms with Crippen LogP contribution in [0.2, 0.25) is 0 Å². The van der Waals surface area contributed by atoms with E-state index in [1.165, 1.54) is 0 Å². The minimum atomic E-state index is -3.43. The van der Waals surface area contributed by atoms with Gasteiger partial charge in [-0.05, 0) is 51.3 Å². The summed E-state index contributed by atoms with van der Waals surface area (Å²) in [5, 5.41) is 0. The Kier molecular flexibility index (Phi) is 3.99. The number of sulfonamides is 1. The molecule has 4 heteroatoms. The summed E-state index contributed by atoms with van der Waals surface area (Å²) in [5.74, 6) is 0. The van der Waals surface area contributed by atoms with Crippen LogP contribution in [0.1, 0.15) is 38.3 Å². The lowest BCUT2D eigenvalue weighted by atomic mass is 10.0. The van der Waals surface area contributed by atoms with Crippen LogP contribution in [0.15, 0.2) is 23.1 Å². The fourth-order valence-electron chi connectivity index (χ4n) is 1.49. The van der Waals surface area contributed by atoms with Crippen LogP contribution in [0.4, 0.5) is 0 Å². The number of nitrogens with one attached hydrogen (secondary N) is 1. The van der Waals surface area contributed by atoms with Gasteiger partial charge in [0, 0.05) is 5.54 Å². The van der Waals surface area contributed by atoms with Crippen molar-refractivity contribution in [3.05, 3.63) is 29.3 Å². The highest BCUT2D eigenvalue weighted by Crippen LogP contribution is 2.19. The molecular weight excluding hydrogens is 234 g/mol. The van der Waals surface area contributed by atoms with E-state index in [-0.39, 0.29) is 0 Å². The molecule has 1 aromatic rings.